The van der Waals surface area contributed by atoms with Gasteiger partial charge in [-0.05, 0) is 40.5 Å². The van der Waals surface area contributed by atoms with Crippen molar-refractivity contribution in [3.8, 4) is 11.1 Å². The molecule has 2 amide bonds. The summed E-state index contributed by atoms with van der Waals surface area (Å²) < 4.78 is 6.06. The normalized spacial score (nSPS) is 11.9. The Hall–Kier alpha value is -3.69. The van der Waals surface area contributed by atoms with Crippen LogP contribution in [0.1, 0.15) is 27.4 Å². The van der Waals surface area contributed by atoms with Crippen molar-refractivity contribution in [3.05, 3.63) is 87.9 Å². The predicted octanol–water partition coefficient (Wildman–Crippen LogP) is 4.33. The van der Waals surface area contributed by atoms with E-state index >= 15 is 0 Å². The van der Waals surface area contributed by atoms with Crippen molar-refractivity contribution in [2.45, 2.75) is 5.92 Å². The lowest BCUT2D eigenvalue weighted by Gasteiger charge is -2.20. The summed E-state index contributed by atoms with van der Waals surface area (Å²) in [6, 6.07) is 20.6. The average molecular weight is 539 g/mol. The highest BCUT2D eigenvalue weighted by molar-refractivity contribution is 9.10. The number of carboxylic acid groups (broad SMARTS) is 1. The summed E-state index contributed by atoms with van der Waals surface area (Å²) in [6.45, 7) is -0.922. The Kier molecular flexibility index (Phi) is 7.48. The van der Waals surface area contributed by atoms with Crippen molar-refractivity contribution in [1.82, 2.24) is 4.90 Å². The lowest BCUT2D eigenvalue weighted by Crippen LogP contribution is -2.37. The Balaban J connectivity index is 1.46. The first kappa shape index (κ1) is 24.4. The number of amides is 2. The fraction of sp³-hybridized carbons (Fsp3) is 0.192. The van der Waals surface area contributed by atoms with Crippen LogP contribution in [0.5, 0.6) is 0 Å². The van der Waals surface area contributed by atoms with E-state index in [1.165, 1.54) is 12.1 Å². The number of nitrogens with zero attached hydrogens (tertiary/aromatic N) is 1. The summed E-state index contributed by atoms with van der Waals surface area (Å²) in [6.07, 6.45) is -0.680. The summed E-state index contributed by atoms with van der Waals surface area (Å²) in [5.41, 5.74) is 4.91. The number of rotatable bonds is 8. The van der Waals surface area contributed by atoms with Crippen molar-refractivity contribution < 1.29 is 29.3 Å². The standard InChI is InChI=1S/C26H23BrN2O6/c27-17-11-16(25(33)29(9-10-30)14-24(31)32)12-18(13-17)28-26(34)35-15-23-21-7-3-1-5-19(21)20-6-2-4-8-22(20)23/h1-8,11-13,23,30H,9-10,14-15H2,(H,28,34)(H,31,32). The number of nitrogens with one attached hydrogen (secondary N) is 1. The predicted molar refractivity (Wildman–Crippen MR) is 133 cm³/mol. The van der Waals surface area contributed by atoms with Gasteiger partial charge < -0.3 is 19.8 Å². The summed E-state index contributed by atoms with van der Waals surface area (Å²) in [4.78, 5) is 37.5. The average Bonchev–Trinajstić information content (AvgIpc) is 3.15. The Morgan fingerprint density at radius 2 is 1.60 bits per heavy atom. The van der Waals surface area contributed by atoms with Gasteiger partial charge in [0.25, 0.3) is 5.91 Å². The largest absolute Gasteiger partial charge is 0.480 e. The quantitative estimate of drug-likeness (QED) is 0.393. The maximum absolute atomic E-state index is 12.8. The molecule has 0 bridgehead atoms. The van der Waals surface area contributed by atoms with E-state index in [0.29, 0.717) is 10.2 Å². The van der Waals surface area contributed by atoms with Gasteiger partial charge in [0.2, 0.25) is 0 Å². The van der Waals surface area contributed by atoms with E-state index in [1.807, 2.05) is 36.4 Å². The molecule has 0 aromatic heterocycles. The zero-order valence-electron chi connectivity index (χ0n) is 18.6. The molecule has 1 aliphatic rings. The van der Waals surface area contributed by atoms with Gasteiger partial charge >= 0.3 is 12.1 Å². The smallest absolute Gasteiger partial charge is 0.411 e. The Labute approximate surface area is 210 Å². The molecule has 0 spiro atoms. The van der Waals surface area contributed by atoms with E-state index in [1.54, 1.807) is 6.07 Å². The Morgan fingerprint density at radius 3 is 2.20 bits per heavy atom. The third-order valence-corrected chi connectivity index (χ3v) is 6.18. The van der Waals surface area contributed by atoms with E-state index in [4.69, 9.17) is 9.84 Å². The number of carbonyl (C=O) groups is 3. The summed E-state index contributed by atoms with van der Waals surface area (Å²) in [5, 5.41) is 20.9. The highest BCUT2D eigenvalue weighted by Crippen LogP contribution is 2.44. The van der Waals surface area contributed by atoms with E-state index in [9.17, 15) is 19.5 Å². The van der Waals surface area contributed by atoms with E-state index in [0.717, 1.165) is 27.2 Å². The molecule has 0 saturated heterocycles. The summed E-state index contributed by atoms with van der Waals surface area (Å²) >= 11 is 3.31. The summed E-state index contributed by atoms with van der Waals surface area (Å²) in [7, 11) is 0. The number of aliphatic carboxylic acids is 1. The topological polar surface area (TPSA) is 116 Å². The number of hydrogen-bond acceptors (Lipinski definition) is 5. The molecule has 3 N–H and O–H groups in total. The fourth-order valence-electron chi connectivity index (χ4n) is 4.26. The zero-order chi connectivity index (χ0) is 24.9. The minimum Gasteiger partial charge on any atom is -0.480 e. The number of ether oxygens (including phenoxy) is 1. The molecule has 3 aromatic carbocycles. The van der Waals surface area contributed by atoms with Crippen molar-refractivity contribution >= 4 is 39.6 Å². The molecule has 0 unspecified atom stereocenters. The van der Waals surface area contributed by atoms with Crippen LogP contribution in [-0.2, 0) is 9.53 Å². The molecule has 4 rings (SSSR count). The van der Waals surface area contributed by atoms with Crippen molar-refractivity contribution in [2.75, 3.05) is 31.6 Å². The number of anilines is 1. The third kappa shape index (κ3) is 5.52. The van der Waals surface area contributed by atoms with Gasteiger partial charge in [0.1, 0.15) is 13.2 Å². The lowest BCUT2D eigenvalue weighted by atomic mass is 9.98. The molecule has 35 heavy (non-hydrogen) atoms. The molecule has 0 fully saturated rings. The van der Waals surface area contributed by atoms with Crippen LogP contribution >= 0.6 is 15.9 Å². The number of halogens is 1. The molecule has 180 valence electrons. The van der Waals surface area contributed by atoms with E-state index < -0.39 is 24.5 Å². The number of carbonyl (C=O) groups excluding carboxylic acids is 2. The first-order valence-corrected chi connectivity index (χ1v) is 11.7. The zero-order valence-corrected chi connectivity index (χ0v) is 20.2. The molecule has 8 nitrogen and oxygen atoms in total. The number of fused-ring (bicyclic) bond motifs is 3. The summed E-state index contributed by atoms with van der Waals surface area (Å²) in [5.74, 6) is -1.87. The van der Waals surface area contributed by atoms with Crippen molar-refractivity contribution in [1.29, 1.82) is 0 Å². The van der Waals surface area contributed by atoms with E-state index in [2.05, 4.69) is 33.4 Å². The van der Waals surface area contributed by atoms with Gasteiger partial charge in [0, 0.05) is 28.2 Å². The molecular formula is C26H23BrN2O6. The van der Waals surface area contributed by atoms with Crippen LogP contribution < -0.4 is 5.32 Å². The van der Waals surface area contributed by atoms with Crippen LogP contribution in [0.4, 0.5) is 10.5 Å². The fourth-order valence-corrected chi connectivity index (χ4v) is 4.75. The molecular weight excluding hydrogens is 516 g/mol. The minimum absolute atomic E-state index is 0.0872. The molecule has 9 heteroatoms. The van der Waals surface area contributed by atoms with Crippen LogP contribution in [0, 0.1) is 0 Å². The second-order valence-corrected chi connectivity index (χ2v) is 8.94. The third-order valence-electron chi connectivity index (χ3n) is 5.72. The molecule has 0 heterocycles. The molecule has 0 radical (unpaired) electrons. The van der Waals surface area contributed by atoms with Gasteiger partial charge in [-0.3, -0.25) is 14.9 Å². The van der Waals surface area contributed by atoms with Gasteiger partial charge in [0.05, 0.1) is 6.61 Å². The molecule has 0 saturated carbocycles. The van der Waals surface area contributed by atoms with Gasteiger partial charge in [0.15, 0.2) is 0 Å². The molecule has 3 aromatic rings. The number of hydrogen-bond donors (Lipinski definition) is 3. The van der Waals surface area contributed by atoms with Crippen LogP contribution in [0.3, 0.4) is 0 Å². The molecule has 0 atom stereocenters. The number of benzene rings is 3. The number of aliphatic hydroxyl groups excluding tert-OH is 1. The van der Waals surface area contributed by atoms with Crippen LogP contribution in [0.15, 0.2) is 71.2 Å². The minimum atomic E-state index is -1.20. The Bertz CT molecular complexity index is 1230. The van der Waals surface area contributed by atoms with Crippen LogP contribution in [-0.4, -0.2) is 59.4 Å². The highest BCUT2D eigenvalue weighted by atomic mass is 79.9. The van der Waals surface area contributed by atoms with Crippen molar-refractivity contribution in [3.63, 3.8) is 0 Å². The maximum atomic E-state index is 12.8. The van der Waals surface area contributed by atoms with Gasteiger partial charge in [-0.1, -0.05) is 64.5 Å². The van der Waals surface area contributed by atoms with Gasteiger partial charge in [-0.25, -0.2) is 4.79 Å². The van der Waals surface area contributed by atoms with Gasteiger partial charge in [-0.2, -0.15) is 0 Å². The first-order valence-electron chi connectivity index (χ1n) is 10.9. The number of aliphatic hydroxyl groups is 1. The monoisotopic (exact) mass is 538 g/mol. The SMILES string of the molecule is O=C(O)CN(CCO)C(=O)c1cc(Br)cc(NC(=O)OCC2c3ccccc3-c3ccccc32)c1. The van der Waals surface area contributed by atoms with Gasteiger partial charge in [-0.15, -0.1) is 0 Å². The van der Waals surface area contributed by atoms with Crippen molar-refractivity contribution in [2.24, 2.45) is 0 Å². The number of carboxylic acids is 1. The maximum Gasteiger partial charge on any atom is 0.411 e. The first-order chi connectivity index (χ1) is 16.9. The Morgan fingerprint density at radius 1 is 0.971 bits per heavy atom. The van der Waals surface area contributed by atoms with Crippen LogP contribution in [0.2, 0.25) is 0 Å². The second-order valence-electron chi connectivity index (χ2n) is 8.02. The highest BCUT2D eigenvalue weighted by Gasteiger charge is 2.29. The lowest BCUT2D eigenvalue weighted by molar-refractivity contribution is -0.137. The second kappa shape index (κ2) is 10.7. The molecule has 1 aliphatic carbocycles. The van der Waals surface area contributed by atoms with Crippen LogP contribution in [0.25, 0.3) is 11.1 Å². The van der Waals surface area contributed by atoms with E-state index in [-0.39, 0.29) is 31.2 Å². The molecule has 0 aliphatic heterocycles.